The van der Waals surface area contributed by atoms with E-state index in [1.807, 2.05) is 0 Å². The summed E-state index contributed by atoms with van der Waals surface area (Å²) in [7, 11) is 0. The first-order valence-corrected chi connectivity index (χ1v) is 5.10. The Morgan fingerprint density at radius 3 is 2.78 bits per heavy atom. The lowest BCUT2D eigenvalue weighted by molar-refractivity contribution is 0.0696. The normalized spacial score (nSPS) is 10.3. The quantitative estimate of drug-likeness (QED) is 0.883. The van der Waals surface area contributed by atoms with Gasteiger partial charge in [-0.2, -0.15) is 0 Å². The molecule has 1 N–H and O–H groups in total. The number of aromatic nitrogens is 2. The summed E-state index contributed by atoms with van der Waals surface area (Å²) in [5.74, 6) is -1.86. The molecule has 18 heavy (non-hydrogen) atoms. The topological polar surface area (TPSA) is 72.2 Å². The van der Waals surface area contributed by atoms with Gasteiger partial charge >= 0.3 is 5.97 Å². The summed E-state index contributed by atoms with van der Waals surface area (Å²) in [6, 6.07) is 4.84. The van der Waals surface area contributed by atoms with Crippen molar-refractivity contribution < 1.29 is 14.3 Å². The predicted molar refractivity (Wildman–Crippen MR) is 61.0 cm³/mol. The van der Waals surface area contributed by atoms with E-state index in [4.69, 9.17) is 5.11 Å². The fourth-order valence-electron chi connectivity index (χ4n) is 1.49. The van der Waals surface area contributed by atoms with Crippen molar-refractivity contribution >= 4 is 5.97 Å². The van der Waals surface area contributed by atoms with Crippen molar-refractivity contribution in [2.45, 2.75) is 6.54 Å². The first-order chi connectivity index (χ1) is 8.58. The van der Waals surface area contributed by atoms with E-state index in [-0.39, 0.29) is 23.2 Å². The Morgan fingerprint density at radius 2 is 2.17 bits per heavy atom. The van der Waals surface area contributed by atoms with Gasteiger partial charge in [-0.3, -0.25) is 9.36 Å². The van der Waals surface area contributed by atoms with Gasteiger partial charge in [-0.1, -0.05) is 6.07 Å². The number of rotatable bonds is 3. The van der Waals surface area contributed by atoms with Crippen LogP contribution in [0.5, 0.6) is 0 Å². The molecule has 0 fully saturated rings. The third-order valence-electron chi connectivity index (χ3n) is 2.43. The second-order valence-corrected chi connectivity index (χ2v) is 3.66. The monoisotopic (exact) mass is 248 g/mol. The van der Waals surface area contributed by atoms with Crippen LogP contribution in [0.3, 0.4) is 0 Å². The Morgan fingerprint density at radius 1 is 1.39 bits per heavy atom. The molecule has 0 aliphatic carbocycles. The minimum Gasteiger partial charge on any atom is -0.478 e. The number of halogens is 1. The van der Waals surface area contributed by atoms with Crippen molar-refractivity contribution in [2.24, 2.45) is 0 Å². The van der Waals surface area contributed by atoms with E-state index >= 15 is 0 Å². The molecule has 0 saturated heterocycles. The van der Waals surface area contributed by atoms with Gasteiger partial charge in [-0.05, 0) is 12.1 Å². The molecule has 0 unspecified atom stereocenters. The lowest BCUT2D eigenvalue weighted by Gasteiger charge is -2.06. The summed E-state index contributed by atoms with van der Waals surface area (Å²) in [5.41, 5.74) is -0.198. The van der Waals surface area contributed by atoms with Crippen LogP contribution in [0.1, 0.15) is 15.9 Å². The van der Waals surface area contributed by atoms with Crippen LogP contribution >= 0.6 is 0 Å². The molecule has 6 heteroatoms. The Bertz CT molecular complexity index is 652. The molecule has 0 aliphatic heterocycles. The van der Waals surface area contributed by atoms with Crippen molar-refractivity contribution in [1.29, 1.82) is 0 Å². The van der Waals surface area contributed by atoms with E-state index < -0.39 is 11.8 Å². The zero-order valence-corrected chi connectivity index (χ0v) is 9.21. The van der Waals surface area contributed by atoms with Crippen molar-refractivity contribution in [1.82, 2.24) is 9.55 Å². The zero-order valence-electron chi connectivity index (χ0n) is 9.21. The van der Waals surface area contributed by atoms with Gasteiger partial charge in [0.25, 0.3) is 5.56 Å². The van der Waals surface area contributed by atoms with Crippen LogP contribution in [0.15, 0.2) is 41.6 Å². The van der Waals surface area contributed by atoms with Gasteiger partial charge in [0.15, 0.2) is 0 Å². The highest BCUT2D eigenvalue weighted by atomic mass is 19.1. The van der Waals surface area contributed by atoms with Gasteiger partial charge in [0.2, 0.25) is 0 Å². The maximum absolute atomic E-state index is 13.6. The number of carbonyl (C=O) groups is 1. The molecule has 0 aliphatic rings. The van der Waals surface area contributed by atoms with Crippen molar-refractivity contribution in [3.05, 3.63) is 64.1 Å². The molecule has 1 aromatic carbocycles. The fraction of sp³-hybridized carbons (Fsp3) is 0.0833. The third-order valence-corrected chi connectivity index (χ3v) is 2.43. The summed E-state index contributed by atoms with van der Waals surface area (Å²) in [5, 5.41) is 8.70. The fourth-order valence-corrected chi connectivity index (χ4v) is 1.49. The summed E-state index contributed by atoms with van der Waals surface area (Å²) in [6.45, 7) is 0.0123. The molecular formula is C12H9FN2O3. The van der Waals surface area contributed by atoms with Crippen LogP contribution in [-0.4, -0.2) is 20.6 Å². The summed E-state index contributed by atoms with van der Waals surface area (Å²) < 4.78 is 14.9. The van der Waals surface area contributed by atoms with Crippen LogP contribution < -0.4 is 5.56 Å². The van der Waals surface area contributed by atoms with Gasteiger partial charge in [-0.25, -0.2) is 14.2 Å². The van der Waals surface area contributed by atoms with Gasteiger partial charge in [0, 0.05) is 17.8 Å². The molecule has 0 atom stereocenters. The molecule has 0 bridgehead atoms. The molecule has 2 aromatic rings. The van der Waals surface area contributed by atoms with Crippen molar-refractivity contribution in [2.75, 3.05) is 0 Å². The average molecular weight is 248 g/mol. The SMILES string of the molecule is O=C(O)c1ccc(Cn2cnccc2=O)c(F)c1. The zero-order chi connectivity index (χ0) is 13.1. The van der Waals surface area contributed by atoms with Crippen LogP contribution in [0, 0.1) is 5.82 Å². The lowest BCUT2D eigenvalue weighted by atomic mass is 10.1. The van der Waals surface area contributed by atoms with E-state index in [0.717, 1.165) is 6.07 Å². The Kier molecular flexibility index (Phi) is 3.18. The number of aromatic carboxylic acids is 1. The van der Waals surface area contributed by atoms with Gasteiger partial charge in [-0.15, -0.1) is 0 Å². The Labute approximate surface area is 101 Å². The lowest BCUT2D eigenvalue weighted by Crippen LogP contribution is -2.20. The minimum absolute atomic E-state index is 0.0123. The van der Waals surface area contributed by atoms with E-state index in [9.17, 15) is 14.0 Å². The van der Waals surface area contributed by atoms with E-state index in [1.54, 1.807) is 0 Å². The molecular weight excluding hydrogens is 239 g/mol. The minimum atomic E-state index is -1.20. The van der Waals surface area contributed by atoms with Crippen LogP contribution in [-0.2, 0) is 6.54 Å². The molecule has 0 spiro atoms. The second kappa shape index (κ2) is 4.79. The van der Waals surface area contributed by atoms with E-state index in [0.29, 0.717) is 0 Å². The number of carboxylic acid groups (broad SMARTS) is 1. The van der Waals surface area contributed by atoms with E-state index in [2.05, 4.69) is 4.98 Å². The molecule has 0 amide bonds. The van der Waals surface area contributed by atoms with E-state index in [1.165, 1.54) is 35.3 Å². The predicted octanol–water partition coefficient (Wildman–Crippen LogP) is 1.13. The molecule has 1 aromatic heterocycles. The molecule has 5 nitrogen and oxygen atoms in total. The molecule has 2 rings (SSSR count). The molecule has 92 valence electrons. The maximum atomic E-state index is 13.6. The smallest absolute Gasteiger partial charge is 0.335 e. The first-order valence-electron chi connectivity index (χ1n) is 5.10. The van der Waals surface area contributed by atoms with Gasteiger partial charge < -0.3 is 5.11 Å². The van der Waals surface area contributed by atoms with Crippen LogP contribution in [0.4, 0.5) is 4.39 Å². The van der Waals surface area contributed by atoms with Crippen molar-refractivity contribution in [3.8, 4) is 0 Å². The first kappa shape index (κ1) is 12.0. The standard InChI is InChI=1S/C12H9FN2O3/c13-10-5-8(12(17)18)1-2-9(10)6-15-7-14-4-3-11(15)16/h1-5,7H,6H2,(H,17,18). The largest absolute Gasteiger partial charge is 0.478 e. The second-order valence-electron chi connectivity index (χ2n) is 3.66. The average Bonchev–Trinajstić information content (AvgIpc) is 2.34. The highest BCUT2D eigenvalue weighted by Crippen LogP contribution is 2.11. The third kappa shape index (κ3) is 2.42. The van der Waals surface area contributed by atoms with Crippen LogP contribution in [0.2, 0.25) is 0 Å². The van der Waals surface area contributed by atoms with Crippen molar-refractivity contribution in [3.63, 3.8) is 0 Å². The number of hydrogen-bond donors (Lipinski definition) is 1. The maximum Gasteiger partial charge on any atom is 0.335 e. The molecule has 0 saturated carbocycles. The Balaban J connectivity index is 2.33. The molecule has 0 radical (unpaired) electrons. The highest BCUT2D eigenvalue weighted by molar-refractivity contribution is 5.87. The summed E-state index contributed by atoms with van der Waals surface area (Å²) in [4.78, 5) is 25.8. The molecule has 1 heterocycles. The number of carboxylic acids is 1. The van der Waals surface area contributed by atoms with Crippen LogP contribution in [0.25, 0.3) is 0 Å². The summed E-state index contributed by atoms with van der Waals surface area (Å²) in [6.07, 6.45) is 2.65. The van der Waals surface area contributed by atoms with Gasteiger partial charge in [0.1, 0.15) is 5.82 Å². The highest BCUT2D eigenvalue weighted by Gasteiger charge is 2.09. The van der Waals surface area contributed by atoms with Gasteiger partial charge in [0.05, 0.1) is 18.4 Å². The number of benzene rings is 1. The summed E-state index contributed by atoms with van der Waals surface area (Å²) >= 11 is 0. The number of nitrogens with zero attached hydrogens (tertiary/aromatic N) is 2. The Hall–Kier alpha value is -2.50. The number of hydrogen-bond acceptors (Lipinski definition) is 3.